The molecule has 3 aromatic carbocycles. The van der Waals surface area contributed by atoms with Gasteiger partial charge in [0, 0.05) is 28.8 Å². The van der Waals surface area contributed by atoms with Crippen molar-refractivity contribution in [2.75, 3.05) is 40.6 Å². The number of benzene rings is 3. The molecule has 0 bridgehead atoms. The van der Waals surface area contributed by atoms with Gasteiger partial charge in [-0.3, -0.25) is 9.36 Å². The number of carbonyl (C=O) groups is 1. The van der Waals surface area contributed by atoms with E-state index in [-0.39, 0.29) is 31.0 Å². The molecule has 0 radical (unpaired) electrons. The van der Waals surface area contributed by atoms with E-state index >= 15 is 0 Å². The molecule has 0 spiro atoms. The molecule has 12 heteroatoms. The van der Waals surface area contributed by atoms with E-state index in [1.54, 1.807) is 38.3 Å². The zero-order valence-electron chi connectivity index (χ0n) is 29.3. The van der Waals surface area contributed by atoms with Gasteiger partial charge in [0.2, 0.25) is 0 Å². The van der Waals surface area contributed by atoms with Crippen molar-refractivity contribution >= 4 is 35.0 Å². The Hall–Kier alpha value is -4.84. The third-order valence-electron chi connectivity index (χ3n) is 8.02. The number of esters is 1. The maximum Gasteiger partial charge on any atom is 0.338 e. The number of halogens is 1. The van der Waals surface area contributed by atoms with E-state index in [1.165, 1.54) is 23.0 Å². The van der Waals surface area contributed by atoms with Crippen LogP contribution in [0.3, 0.4) is 0 Å². The van der Waals surface area contributed by atoms with Gasteiger partial charge in [0.15, 0.2) is 27.8 Å². The Bertz CT molecular complexity index is 2120. The lowest BCUT2D eigenvalue weighted by atomic mass is 9.94. The van der Waals surface area contributed by atoms with Crippen molar-refractivity contribution in [3.8, 4) is 23.0 Å². The second-order valence-electron chi connectivity index (χ2n) is 11.3. The van der Waals surface area contributed by atoms with Crippen molar-refractivity contribution in [1.29, 1.82) is 0 Å². The minimum absolute atomic E-state index is 0.0347. The number of carbonyl (C=O) groups excluding carboxylic acids is 1. The van der Waals surface area contributed by atoms with Crippen molar-refractivity contribution in [1.82, 2.24) is 4.57 Å². The molecule has 0 amide bonds. The van der Waals surface area contributed by atoms with Gasteiger partial charge in [0.25, 0.3) is 5.56 Å². The van der Waals surface area contributed by atoms with Crippen LogP contribution in [0.25, 0.3) is 6.08 Å². The maximum absolute atomic E-state index is 14.5. The highest BCUT2D eigenvalue weighted by Crippen LogP contribution is 2.41. The number of rotatable bonds is 16. The summed E-state index contributed by atoms with van der Waals surface area (Å²) in [5.41, 5.74) is 3.24. The fraction of sp³-hybridized carbons (Fsp3) is 0.308. The van der Waals surface area contributed by atoms with Crippen LogP contribution in [0.15, 0.2) is 88.3 Å². The van der Waals surface area contributed by atoms with Crippen LogP contribution in [-0.4, -0.2) is 51.2 Å². The fourth-order valence-corrected chi connectivity index (χ4v) is 7.03. The third-order valence-corrected chi connectivity index (χ3v) is 9.37. The van der Waals surface area contributed by atoms with Crippen molar-refractivity contribution in [3.05, 3.63) is 125 Å². The monoisotopic (exact) mass is 732 g/mol. The Morgan fingerprint density at radius 3 is 2.47 bits per heavy atom. The van der Waals surface area contributed by atoms with Gasteiger partial charge < -0.3 is 28.4 Å². The van der Waals surface area contributed by atoms with Crippen molar-refractivity contribution in [2.45, 2.75) is 39.8 Å². The van der Waals surface area contributed by atoms with Crippen molar-refractivity contribution < 1.29 is 33.2 Å². The number of hydrogen-bond donors (Lipinski definition) is 0. The van der Waals surface area contributed by atoms with Crippen molar-refractivity contribution in [3.63, 3.8) is 0 Å². The Balaban J connectivity index is 1.67. The maximum atomic E-state index is 14.5. The molecule has 5 rings (SSSR count). The predicted octanol–water partition coefficient (Wildman–Crippen LogP) is 6.19. The SMILES string of the molecule is C=CCc1cc(/C=c2/sc3n(c2=O)[C@@H](c2cccc(OC)c2OCC)C(C(=O)OCCOC)=C(C)N=3)cc(OCC)c1OCc1ccccc1Cl. The van der Waals surface area contributed by atoms with Gasteiger partial charge in [-0.05, 0) is 63.1 Å². The van der Waals surface area contributed by atoms with Crippen LogP contribution in [0.2, 0.25) is 5.02 Å². The summed E-state index contributed by atoms with van der Waals surface area (Å²) in [5, 5.41) is 0.606. The van der Waals surface area contributed by atoms with E-state index in [1.807, 2.05) is 56.3 Å². The molecule has 0 fully saturated rings. The molecule has 1 aromatic heterocycles. The minimum atomic E-state index is -0.911. The molecule has 51 heavy (non-hydrogen) atoms. The van der Waals surface area contributed by atoms with E-state index in [0.717, 1.165) is 11.1 Å². The lowest BCUT2D eigenvalue weighted by Crippen LogP contribution is -2.40. The molecule has 0 saturated carbocycles. The summed E-state index contributed by atoms with van der Waals surface area (Å²) in [6.45, 7) is 10.6. The Morgan fingerprint density at radius 1 is 0.980 bits per heavy atom. The van der Waals surface area contributed by atoms with Gasteiger partial charge >= 0.3 is 5.97 Å². The quantitative estimate of drug-likeness (QED) is 0.0763. The molecule has 0 unspecified atom stereocenters. The summed E-state index contributed by atoms with van der Waals surface area (Å²) in [4.78, 5) is 33.3. The lowest BCUT2D eigenvalue weighted by Gasteiger charge is -2.27. The first kappa shape index (κ1) is 37.4. The average Bonchev–Trinajstić information content (AvgIpc) is 3.42. The number of methoxy groups -OCH3 is 2. The Kier molecular flexibility index (Phi) is 12.8. The first-order valence-corrected chi connectivity index (χ1v) is 17.7. The zero-order valence-corrected chi connectivity index (χ0v) is 30.9. The lowest BCUT2D eigenvalue weighted by molar-refractivity contribution is -0.140. The summed E-state index contributed by atoms with van der Waals surface area (Å²) in [7, 11) is 3.06. The second-order valence-corrected chi connectivity index (χ2v) is 12.8. The third kappa shape index (κ3) is 8.22. The fourth-order valence-electron chi connectivity index (χ4n) is 5.80. The molecule has 4 aromatic rings. The molecule has 1 aliphatic rings. The van der Waals surface area contributed by atoms with Crippen LogP contribution in [0.4, 0.5) is 0 Å². The second kappa shape index (κ2) is 17.4. The highest BCUT2D eigenvalue weighted by Gasteiger charge is 2.36. The van der Waals surface area contributed by atoms with E-state index in [9.17, 15) is 9.59 Å². The first-order chi connectivity index (χ1) is 24.8. The van der Waals surface area contributed by atoms with Crippen LogP contribution in [0, 0.1) is 0 Å². The van der Waals surface area contributed by atoms with E-state index < -0.39 is 12.0 Å². The van der Waals surface area contributed by atoms with Crippen LogP contribution >= 0.6 is 22.9 Å². The highest BCUT2D eigenvalue weighted by atomic mass is 35.5. The van der Waals surface area contributed by atoms with Gasteiger partial charge in [-0.15, -0.1) is 6.58 Å². The van der Waals surface area contributed by atoms with Gasteiger partial charge in [0.05, 0.1) is 42.7 Å². The standard InChI is InChI=1S/C39H41ClN2O8S/c1-7-13-26-20-25(21-31(47-8-2)35(26)50-23-27-14-10-11-16-29(27)40)22-32-37(43)42-34(28-15-12-17-30(46-6)36(28)48-9-3)33(24(4)41-39(42)51-32)38(44)49-19-18-45-5/h7,10-12,14-17,20-22,34H,1,8-9,13,18-19,23H2,2-6H3/b32-22+/t34-/m0/s1. The van der Waals surface area contributed by atoms with Gasteiger partial charge in [-0.1, -0.05) is 59.3 Å². The summed E-state index contributed by atoms with van der Waals surface area (Å²) in [6.07, 6.45) is 4.06. The smallest absolute Gasteiger partial charge is 0.338 e. The summed E-state index contributed by atoms with van der Waals surface area (Å²) in [5.74, 6) is 1.37. The van der Waals surface area contributed by atoms with E-state index in [4.69, 9.17) is 45.0 Å². The molecule has 1 aliphatic heterocycles. The number of aromatic nitrogens is 1. The molecule has 268 valence electrons. The molecule has 2 heterocycles. The molecule has 0 aliphatic carbocycles. The number of fused-ring (bicyclic) bond motifs is 1. The predicted molar refractivity (Wildman–Crippen MR) is 198 cm³/mol. The first-order valence-electron chi connectivity index (χ1n) is 16.5. The topological polar surface area (TPSA) is 107 Å². The molecule has 10 nitrogen and oxygen atoms in total. The molecule has 0 N–H and O–H groups in total. The number of ether oxygens (including phenoxy) is 6. The molecule has 0 saturated heterocycles. The highest BCUT2D eigenvalue weighted by molar-refractivity contribution is 7.07. The molecular formula is C39H41ClN2O8S. The zero-order chi connectivity index (χ0) is 36.5. The molecule has 1 atom stereocenters. The average molecular weight is 733 g/mol. The van der Waals surface area contributed by atoms with Crippen LogP contribution in [0.1, 0.15) is 49.1 Å². The summed E-state index contributed by atoms with van der Waals surface area (Å²) < 4.78 is 36.6. The normalized spacial score (nSPS) is 14.1. The van der Waals surface area contributed by atoms with Crippen molar-refractivity contribution in [2.24, 2.45) is 4.99 Å². The largest absolute Gasteiger partial charge is 0.493 e. The van der Waals surface area contributed by atoms with Crippen LogP contribution < -0.4 is 33.8 Å². The number of para-hydroxylation sites is 1. The van der Waals surface area contributed by atoms with E-state index in [0.29, 0.717) is 73.8 Å². The summed E-state index contributed by atoms with van der Waals surface area (Å²) in [6, 6.07) is 15.7. The Labute approximate surface area is 305 Å². The number of thiazole rings is 1. The van der Waals surface area contributed by atoms with Crippen LogP contribution in [-0.2, 0) is 27.3 Å². The van der Waals surface area contributed by atoms with E-state index in [2.05, 4.69) is 6.58 Å². The number of allylic oxidation sites excluding steroid dienone is 2. The number of nitrogens with zero attached hydrogens (tertiary/aromatic N) is 2. The van der Waals surface area contributed by atoms with Gasteiger partial charge in [-0.2, -0.15) is 0 Å². The minimum Gasteiger partial charge on any atom is -0.493 e. The Morgan fingerprint density at radius 2 is 1.76 bits per heavy atom. The number of hydrogen-bond acceptors (Lipinski definition) is 10. The summed E-state index contributed by atoms with van der Waals surface area (Å²) >= 11 is 7.62. The molecular weight excluding hydrogens is 692 g/mol. The van der Waals surface area contributed by atoms with Gasteiger partial charge in [0.1, 0.15) is 19.3 Å². The van der Waals surface area contributed by atoms with Crippen LogP contribution in [0.5, 0.6) is 23.0 Å². The van der Waals surface area contributed by atoms with Gasteiger partial charge in [-0.25, -0.2) is 9.79 Å².